The zero-order valence-electron chi connectivity index (χ0n) is 12.5. The molecule has 5 heteroatoms. The molecule has 0 aromatic heterocycles. The maximum atomic E-state index is 12.3. The first-order valence-corrected chi connectivity index (χ1v) is 7.79. The fourth-order valence-corrected chi connectivity index (χ4v) is 3.53. The number of aliphatic carboxylic acids is 1. The second kappa shape index (κ2) is 6.46. The Morgan fingerprint density at radius 1 is 1.30 bits per heavy atom. The van der Waals surface area contributed by atoms with Gasteiger partial charge >= 0.3 is 12.0 Å². The summed E-state index contributed by atoms with van der Waals surface area (Å²) in [5.41, 5.74) is 0. The highest BCUT2D eigenvalue weighted by Crippen LogP contribution is 2.39. The fraction of sp³-hybridized carbons (Fsp3) is 0.867. The van der Waals surface area contributed by atoms with E-state index in [2.05, 4.69) is 19.2 Å². The van der Waals surface area contributed by atoms with Crippen molar-refractivity contribution in [3.05, 3.63) is 0 Å². The molecule has 2 fully saturated rings. The monoisotopic (exact) mass is 282 g/mol. The maximum absolute atomic E-state index is 12.3. The van der Waals surface area contributed by atoms with Crippen molar-refractivity contribution >= 4 is 12.0 Å². The summed E-state index contributed by atoms with van der Waals surface area (Å²) in [7, 11) is 0. The average molecular weight is 282 g/mol. The van der Waals surface area contributed by atoms with Crippen molar-refractivity contribution in [3.63, 3.8) is 0 Å². The molecule has 2 heterocycles. The summed E-state index contributed by atoms with van der Waals surface area (Å²) in [5.74, 6) is 0.0221. The third kappa shape index (κ3) is 3.44. The smallest absolute Gasteiger partial charge is 0.317 e. The predicted octanol–water partition coefficient (Wildman–Crippen LogP) is 2.46. The number of nitrogens with zero attached hydrogens (tertiary/aromatic N) is 1. The number of amides is 2. The molecule has 0 aromatic rings. The number of carboxylic acids is 1. The minimum absolute atomic E-state index is 0.0478. The van der Waals surface area contributed by atoms with E-state index in [-0.39, 0.29) is 30.5 Å². The zero-order valence-corrected chi connectivity index (χ0v) is 12.5. The Hall–Kier alpha value is -1.26. The second-order valence-corrected chi connectivity index (χ2v) is 6.43. The highest BCUT2D eigenvalue weighted by atomic mass is 16.4. The molecular formula is C15H26N2O3. The molecular weight excluding hydrogens is 256 g/mol. The Bertz CT molecular complexity index is 358. The van der Waals surface area contributed by atoms with E-state index >= 15 is 0 Å². The van der Waals surface area contributed by atoms with Crippen molar-refractivity contribution in [3.8, 4) is 0 Å². The van der Waals surface area contributed by atoms with E-state index < -0.39 is 5.97 Å². The van der Waals surface area contributed by atoms with Gasteiger partial charge in [-0.15, -0.1) is 0 Å². The van der Waals surface area contributed by atoms with Gasteiger partial charge in [-0.2, -0.15) is 0 Å². The Balaban J connectivity index is 1.88. The van der Waals surface area contributed by atoms with Crippen molar-refractivity contribution < 1.29 is 14.7 Å². The zero-order chi connectivity index (χ0) is 14.7. The van der Waals surface area contributed by atoms with Crippen molar-refractivity contribution in [1.82, 2.24) is 10.2 Å². The number of hydrogen-bond acceptors (Lipinski definition) is 2. The molecule has 0 aliphatic carbocycles. The van der Waals surface area contributed by atoms with E-state index in [9.17, 15) is 9.59 Å². The van der Waals surface area contributed by atoms with Crippen LogP contribution in [0.15, 0.2) is 0 Å². The third-order valence-corrected chi connectivity index (χ3v) is 4.83. The Morgan fingerprint density at radius 3 is 2.40 bits per heavy atom. The number of nitrogens with one attached hydrogen (secondary N) is 1. The van der Waals surface area contributed by atoms with E-state index in [0.717, 1.165) is 38.6 Å². The molecule has 0 saturated carbocycles. The molecule has 2 aliphatic rings. The number of carboxylic acid groups (broad SMARTS) is 1. The lowest BCUT2D eigenvalue weighted by atomic mass is 9.88. The van der Waals surface area contributed by atoms with Crippen molar-refractivity contribution in [1.29, 1.82) is 0 Å². The first kappa shape index (κ1) is 15.1. The van der Waals surface area contributed by atoms with Gasteiger partial charge in [0, 0.05) is 25.0 Å². The van der Waals surface area contributed by atoms with Gasteiger partial charge in [-0.3, -0.25) is 4.79 Å². The first-order valence-electron chi connectivity index (χ1n) is 7.79. The summed E-state index contributed by atoms with van der Waals surface area (Å²) in [6, 6.07) is 0.539. The van der Waals surface area contributed by atoms with Crippen LogP contribution >= 0.6 is 0 Å². The molecule has 2 saturated heterocycles. The predicted molar refractivity (Wildman–Crippen MR) is 76.5 cm³/mol. The topological polar surface area (TPSA) is 69.6 Å². The summed E-state index contributed by atoms with van der Waals surface area (Å²) in [6.45, 7) is 4.98. The molecule has 2 bridgehead atoms. The normalized spacial score (nSPS) is 30.1. The molecule has 20 heavy (non-hydrogen) atoms. The van der Waals surface area contributed by atoms with Crippen LogP contribution in [0, 0.1) is 11.8 Å². The number of carbonyl (C=O) groups excluding carboxylic acids is 1. The molecule has 2 amide bonds. The standard InChI is InChI=1S/C15H26N2O3/c1-3-10(2)9-16-15(20)17-12-4-5-13(17)7-11(6-12)8-14(18)19/h10-13H,3-9H2,1-2H3,(H,16,20)(H,18,19). The van der Waals surface area contributed by atoms with Gasteiger partial charge < -0.3 is 15.3 Å². The number of fused-ring (bicyclic) bond motifs is 2. The van der Waals surface area contributed by atoms with Crippen LogP contribution in [0.2, 0.25) is 0 Å². The largest absolute Gasteiger partial charge is 0.481 e. The van der Waals surface area contributed by atoms with Gasteiger partial charge in [-0.25, -0.2) is 4.79 Å². The van der Waals surface area contributed by atoms with Gasteiger partial charge in [0.2, 0.25) is 0 Å². The molecule has 0 radical (unpaired) electrons. The minimum atomic E-state index is -0.718. The van der Waals surface area contributed by atoms with Gasteiger partial charge in [-0.05, 0) is 37.5 Å². The number of carbonyl (C=O) groups is 2. The van der Waals surface area contributed by atoms with Crippen molar-refractivity contribution in [2.45, 2.75) is 64.5 Å². The molecule has 0 spiro atoms. The Kier molecular flexibility index (Phi) is 4.89. The fourth-order valence-electron chi connectivity index (χ4n) is 3.53. The molecule has 2 rings (SSSR count). The highest BCUT2D eigenvalue weighted by molar-refractivity contribution is 5.75. The molecule has 2 aliphatic heterocycles. The Labute approximate surface area is 120 Å². The number of hydrogen-bond donors (Lipinski definition) is 2. The average Bonchev–Trinajstić information content (AvgIpc) is 2.66. The van der Waals surface area contributed by atoms with Crippen molar-refractivity contribution in [2.75, 3.05) is 6.54 Å². The van der Waals surface area contributed by atoms with E-state index in [1.165, 1.54) is 0 Å². The van der Waals surface area contributed by atoms with Gasteiger partial charge in [-0.1, -0.05) is 20.3 Å². The minimum Gasteiger partial charge on any atom is -0.481 e. The van der Waals surface area contributed by atoms with Gasteiger partial charge in [0.05, 0.1) is 0 Å². The highest BCUT2D eigenvalue weighted by Gasteiger charge is 2.43. The van der Waals surface area contributed by atoms with E-state index in [4.69, 9.17) is 5.11 Å². The number of piperidine rings is 1. The summed E-state index contributed by atoms with van der Waals surface area (Å²) < 4.78 is 0. The van der Waals surface area contributed by atoms with Crippen LogP contribution in [-0.2, 0) is 4.79 Å². The van der Waals surface area contributed by atoms with E-state index in [1.807, 2.05) is 4.90 Å². The van der Waals surface area contributed by atoms with Crippen LogP contribution in [0.1, 0.15) is 52.4 Å². The molecule has 3 unspecified atom stereocenters. The summed E-state index contributed by atoms with van der Waals surface area (Å²) in [6.07, 6.45) is 5.05. The summed E-state index contributed by atoms with van der Waals surface area (Å²) in [5, 5.41) is 11.9. The Morgan fingerprint density at radius 2 is 1.90 bits per heavy atom. The first-order chi connectivity index (χ1) is 9.51. The van der Waals surface area contributed by atoms with Gasteiger partial charge in [0.1, 0.15) is 0 Å². The lowest BCUT2D eigenvalue weighted by Gasteiger charge is -2.38. The van der Waals surface area contributed by atoms with Crippen LogP contribution in [0.5, 0.6) is 0 Å². The lowest BCUT2D eigenvalue weighted by molar-refractivity contribution is -0.138. The lowest BCUT2D eigenvalue weighted by Crippen LogP contribution is -2.51. The second-order valence-electron chi connectivity index (χ2n) is 6.43. The number of urea groups is 1. The molecule has 2 N–H and O–H groups in total. The number of rotatable bonds is 5. The van der Waals surface area contributed by atoms with Gasteiger partial charge in [0.15, 0.2) is 0 Å². The van der Waals surface area contributed by atoms with Gasteiger partial charge in [0.25, 0.3) is 0 Å². The van der Waals surface area contributed by atoms with Crippen LogP contribution in [0.25, 0.3) is 0 Å². The maximum Gasteiger partial charge on any atom is 0.317 e. The van der Waals surface area contributed by atoms with E-state index in [1.54, 1.807) is 0 Å². The van der Waals surface area contributed by atoms with Crippen LogP contribution in [0.3, 0.4) is 0 Å². The molecule has 114 valence electrons. The third-order valence-electron chi connectivity index (χ3n) is 4.83. The quantitative estimate of drug-likeness (QED) is 0.813. The van der Waals surface area contributed by atoms with Crippen molar-refractivity contribution in [2.24, 2.45) is 11.8 Å². The van der Waals surface area contributed by atoms with E-state index in [0.29, 0.717) is 5.92 Å². The summed E-state index contributed by atoms with van der Waals surface area (Å²) in [4.78, 5) is 25.1. The van der Waals surface area contributed by atoms with Crippen LogP contribution < -0.4 is 5.32 Å². The molecule has 5 nitrogen and oxygen atoms in total. The van der Waals surface area contributed by atoms with Crippen LogP contribution in [0.4, 0.5) is 4.79 Å². The molecule has 3 atom stereocenters. The summed E-state index contributed by atoms with van der Waals surface area (Å²) >= 11 is 0. The SMILES string of the molecule is CCC(C)CNC(=O)N1C2CCC1CC(CC(=O)O)C2. The molecule has 0 aromatic carbocycles. The van der Waals surface area contributed by atoms with Crippen LogP contribution in [-0.4, -0.2) is 40.6 Å².